The second kappa shape index (κ2) is 13.6. The Hall–Kier alpha value is -4.46. The smallest absolute Gasteiger partial charge is 0.251 e. The van der Waals surface area contributed by atoms with Gasteiger partial charge >= 0.3 is 0 Å². The Morgan fingerprint density at radius 3 is 2.83 bits per heavy atom. The molecule has 0 aliphatic heterocycles. The molecule has 4 aromatic rings. The number of ether oxygens (including phenoxy) is 1. The highest BCUT2D eigenvalue weighted by Crippen LogP contribution is 2.32. The fourth-order valence-corrected chi connectivity index (χ4v) is 4.41. The molecule has 4 rings (SSSR count). The Morgan fingerprint density at radius 1 is 1.20 bits per heavy atom. The number of nitrogens with zero attached hydrogens (tertiary/aromatic N) is 3. The zero-order chi connectivity index (χ0) is 28.5. The van der Waals surface area contributed by atoms with Crippen molar-refractivity contribution in [2.45, 2.75) is 26.7 Å². The van der Waals surface area contributed by atoms with Crippen molar-refractivity contribution in [1.29, 1.82) is 0 Å². The number of aliphatic hydroxyl groups excluding tert-OH is 1. The van der Waals surface area contributed by atoms with E-state index in [1.807, 2.05) is 23.5 Å². The number of hydrogen-bond donors (Lipinski definition) is 4. The molecule has 0 saturated carbocycles. The standard InChI is InChI=1S/C30H33FN6O3/c1-4-17-40-26-10-9-23(20(3)27(26)31)25-19-35-29-28(33-13-15-37(25)29)36-22-7-8-24(21(5-2)18-22)30(39)34-12-6-11-32-14-16-38/h1,7-10,13,15,18-19,32,38H,5-6,11-12,14,16-17H2,2-3H3,(H,33,36)(H,34,39). The Labute approximate surface area is 232 Å². The number of amides is 1. The molecule has 2 aromatic carbocycles. The molecular weight excluding hydrogens is 511 g/mol. The highest BCUT2D eigenvalue weighted by molar-refractivity contribution is 5.96. The summed E-state index contributed by atoms with van der Waals surface area (Å²) in [6, 6.07) is 8.91. The van der Waals surface area contributed by atoms with E-state index >= 15 is 0 Å². The van der Waals surface area contributed by atoms with Crippen LogP contribution in [0.1, 0.15) is 34.8 Å². The largest absolute Gasteiger partial charge is 0.478 e. The van der Waals surface area contributed by atoms with Crippen LogP contribution in [0.3, 0.4) is 0 Å². The second-order valence-electron chi connectivity index (χ2n) is 9.09. The fourth-order valence-electron chi connectivity index (χ4n) is 4.41. The molecule has 0 aliphatic rings. The molecule has 4 N–H and O–H groups in total. The van der Waals surface area contributed by atoms with Gasteiger partial charge in [-0.15, -0.1) is 6.42 Å². The Morgan fingerprint density at radius 2 is 2.05 bits per heavy atom. The van der Waals surface area contributed by atoms with E-state index in [0.29, 0.717) is 53.4 Å². The first-order chi connectivity index (χ1) is 19.5. The molecule has 2 aromatic heterocycles. The van der Waals surface area contributed by atoms with Crippen LogP contribution in [-0.2, 0) is 6.42 Å². The quantitative estimate of drug-likeness (QED) is 0.149. The molecule has 9 nitrogen and oxygen atoms in total. The molecular formula is C30H33FN6O3. The molecule has 0 spiro atoms. The predicted octanol–water partition coefficient (Wildman–Crippen LogP) is 3.86. The Balaban J connectivity index is 1.53. The first-order valence-electron chi connectivity index (χ1n) is 13.2. The zero-order valence-corrected chi connectivity index (χ0v) is 22.6. The van der Waals surface area contributed by atoms with Gasteiger partial charge in [0.05, 0.1) is 18.5 Å². The van der Waals surface area contributed by atoms with Crippen molar-refractivity contribution >= 4 is 23.1 Å². The lowest BCUT2D eigenvalue weighted by atomic mass is 10.0. The van der Waals surface area contributed by atoms with E-state index in [9.17, 15) is 9.18 Å². The normalized spacial score (nSPS) is 10.9. The van der Waals surface area contributed by atoms with Gasteiger partial charge < -0.3 is 25.8 Å². The summed E-state index contributed by atoms with van der Waals surface area (Å²) in [5, 5.41) is 18.2. The highest BCUT2D eigenvalue weighted by atomic mass is 19.1. The Bertz CT molecular complexity index is 1530. The van der Waals surface area contributed by atoms with Crippen LogP contribution in [0, 0.1) is 25.1 Å². The zero-order valence-electron chi connectivity index (χ0n) is 22.6. The summed E-state index contributed by atoms with van der Waals surface area (Å²) in [5.74, 6) is 2.38. The molecule has 0 aliphatic carbocycles. The molecule has 0 unspecified atom stereocenters. The maximum Gasteiger partial charge on any atom is 0.251 e. The molecule has 40 heavy (non-hydrogen) atoms. The number of carbonyl (C=O) groups is 1. The fraction of sp³-hybridized carbons (Fsp3) is 0.300. The lowest BCUT2D eigenvalue weighted by Gasteiger charge is -2.13. The summed E-state index contributed by atoms with van der Waals surface area (Å²) in [7, 11) is 0. The van der Waals surface area contributed by atoms with Crippen LogP contribution in [-0.4, -0.2) is 58.2 Å². The molecule has 208 valence electrons. The number of terminal acetylenes is 1. The third-order valence-corrected chi connectivity index (χ3v) is 6.46. The summed E-state index contributed by atoms with van der Waals surface area (Å²) >= 11 is 0. The van der Waals surface area contributed by atoms with Gasteiger partial charge in [-0.1, -0.05) is 12.8 Å². The SMILES string of the molecule is C#CCOc1ccc(-c2cnc3c(Nc4ccc(C(=O)NCCCNCCO)c(CC)c4)nccn23)c(C)c1F. The number of imidazole rings is 1. The van der Waals surface area contributed by atoms with Crippen LogP contribution >= 0.6 is 0 Å². The van der Waals surface area contributed by atoms with Gasteiger partial charge in [-0.2, -0.15) is 0 Å². The van der Waals surface area contributed by atoms with E-state index in [4.69, 9.17) is 16.3 Å². The molecule has 0 fully saturated rings. The van der Waals surface area contributed by atoms with E-state index in [2.05, 4.69) is 31.8 Å². The van der Waals surface area contributed by atoms with Crippen LogP contribution in [0.5, 0.6) is 5.75 Å². The van der Waals surface area contributed by atoms with Crippen LogP contribution in [0.15, 0.2) is 48.9 Å². The molecule has 0 saturated heterocycles. The monoisotopic (exact) mass is 544 g/mol. The summed E-state index contributed by atoms with van der Waals surface area (Å²) in [6.07, 6.45) is 11.8. The van der Waals surface area contributed by atoms with Crippen molar-refractivity contribution < 1.29 is 19.0 Å². The minimum atomic E-state index is -0.468. The van der Waals surface area contributed by atoms with Gasteiger partial charge in [0.1, 0.15) is 6.61 Å². The lowest BCUT2D eigenvalue weighted by Crippen LogP contribution is -2.28. The first-order valence-corrected chi connectivity index (χ1v) is 13.2. The molecule has 0 atom stereocenters. The summed E-state index contributed by atoms with van der Waals surface area (Å²) in [4.78, 5) is 21.8. The highest BCUT2D eigenvalue weighted by Gasteiger charge is 2.17. The predicted molar refractivity (Wildman–Crippen MR) is 153 cm³/mol. The number of carbonyl (C=O) groups excluding carboxylic acids is 1. The van der Waals surface area contributed by atoms with Crippen LogP contribution in [0.4, 0.5) is 15.9 Å². The molecule has 0 radical (unpaired) electrons. The number of halogens is 1. The van der Waals surface area contributed by atoms with Crippen molar-refractivity contribution in [2.75, 3.05) is 38.2 Å². The van der Waals surface area contributed by atoms with E-state index in [0.717, 1.165) is 24.2 Å². The topological polar surface area (TPSA) is 113 Å². The number of aryl methyl sites for hydroxylation is 1. The van der Waals surface area contributed by atoms with Gasteiger partial charge in [-0.05, 0) is 67.8 Å². The number of benzene rings is 2. The van der Waals surface area contributed by atoms with E-state index in [-0.39, 0.29) is 24.9 Å². The van der Waals surface area contributed by atoms with Gasteiger partial charge in [-0.3, -0.25) is 9.20 Å². The van der Waals surface area contributed by atoms with Crippen LogP contribution < -0.4 is 20.7 Å². The van der Waals surface area contributed by atoms with Crippen molar-refractivity contribution in [1.82, 2.24) is 25.0 Å². The maximum atomic E-state index is 14.9. The van der Waals surface area contributed by atoms with Crippen molar-refractivity contribution in [2.24, 2.45) is 0 Å². The minimum Gasteiger partial charge on any atom is -0.478 e. The second-order valence-corrected chi connectivity index (χ2v) is 9.09. The first kappa shape index (κ1) is 28.5. The maximum absolute atomic E-state index is 14.9. The molecule has 10 heteroatoms. The molecule has 1 amide bonds. The van der Waals surface area contributed by atoms with Gasteiger partial charge in [0.25, 0.3) is 5.91 Å². The number of hydrogen-bond acceptors (Lipinski definition) is 7. The van der Waals surface area contributed by atoms with E-state index in [1.165, 1.54) is 0 Å². The third-order valence-electron chi connectivity index (χ3n) is 6.46. The van der Waals surface area contributed by atoms with Crippen LogP contribution in [0.25, 0.3) is 16.9 Å². The number of fused-ring (bicyclic) bond motifs is 1. The number of aromatic nitrogens is 3. The van der Waals surface area contributed by atoms with Crippen LogP contribution in [0.2, 0.25) is 0 Å². The molecule has 0 bridgehead atoms. The van der Waals surface area contributed by atoms with Crippen molar-refractivity contribution in [3.05, 3.63) is 71.4 Å². The van der Waals surface area contributed by atoms with Crippen molar-refractivity contribution in [3.63, 3.8) is 0 Å². The van der Waals surface area contributed by atoms with Gasteiger partial charge in [0.2, 0.25) is 0 Å². The molecule has 2 heterocycles. The summed E-state index contributed by atoms with van der Waals surface area (Å²) < 4.78 is 22.1. The minimum absolute atomic E-state index is 0.0126. The summed E-state index contributed by atoms with van der Waals surface area (Å²) in [5.41, 5.74) is 4.65. The number of aliphatic hydroxyl groups is 1. The van der Waals surface area contributed by atoms with Gasteiger partial charge in [0, 0.05) is 42.3 Å². The van der Waals surface area contributed by atoms with Crippen molar-refractivity contribution in [3.8, 4) is 29.4 Å². The number of anilines is 2. The van der Waals surface area contributed by atoms with E-state index in [1.54, 1.807) is 43.7 Å². The number of rotatable bonds is 13. The van der Waals surface area contributed by atoms with Gasteiger partial charge in [0.15, 0.2) is 23.0 Å². The number of nitrogens with one attached hydrogen (secondary N) is 3. The average Bonchev–Trinajstić information content (AvgIpc) is 3.40. The third kappa shape index (κ3) is 6.39. The summed E-state index contributed by atoms with van der Waals surface area (Å²) in [6.45, 7) is 5.57. The Kier molecular flexibility index (Phi) is 9.67. The van der Waals surface area contributed by atoms with Gasteiger partial charge in [-0.25, -0.2) is 14.4 Å². The average molecular weight is 545 g/mol. The lowest BCUT2D eigenvalue weighted by molar-refractivity contribution is 0.0952. The van der Waals surface area contributed by atoms with E-state index < -0.39 is 5.82 Å².